The van der Waals surface area contributed by atoms with E-state index in [1.807, 2.05) is 12.1 Å². The molecule has 0 atom stereocenters. The van der Waals surface area contributed by atoms with Crippen molar-refractivity contribution in [2.45, 2.75) is 43.5 Å². The summed E-state index contributed by atoms with van der Waals surface area (Å²) in [6.07, 6.45) is 3.24. The number of aromatic nitrogens is 3. The summed E-state index contributed by atoms with van der Waals surface area (Å²) in [6.45, 7) is 5.19. The maximum Gasteiger partial charge on any atom is 0.243 e. The van der Waals surface area contributed by atoms with Crippen molar-refractivity contribution in [1.82, 2.24) is 18.8 Å². The van der Waals surface area contributed by atoms with E-state index in [4.69, 9.17) is 16.6 Å². The van der Waals surface area contributed by atoms with Crippen LogP contribution >= 0.6 is 11.6 Å². The van der Waals surface area contributed by atoms with Gasteiger partial charge in [-0.3, -0.25) is 0 Å². The van der Waals surface area contributed by atoms with Gasteiger partial charge in [-0.1, -0.05) is 25.4 Å². The van der Waals surface area contributed by atoms with Gasteiger partial charge >= 0.3 is 0 Å². The molecule has 28 heavy (non-hydrogen) atoms. The van der Waals surface area contributed by atoms with Crippen molar-refractivity contribution >= 4 is 32.8 Å². The van der Waals surface area contributed by atoms with Crippen LogP contribution in [-0.2, 0) is 10.0 Å². The fourth-order valence-electron chi connectivity index (χ4n) is 3.81. The van der Waals surface area contributed by atoms with Crippen molar-refractivity contribution in [3.05, 3.63) is 53.4 Å². The summed E-state index contributed by atoms with van der Waals surface area (Å²) in [5.74, 6) is 1.28. The maximum atomic E-state index is 12.9. The Kier molecular flexibility index (Phi) is 5.16. The topological polar surface area (TPSA) is 68.1 Å². The molecule has 0 saturated carbocycles. The van der Waals surface area contributed by atoms with E-state index in [9.17, 15) is 8.42 Å². The van der Waals surface area contributed by atoms with Gasteiger partial charge in [0.05, 0.1) is 4.90 Å². The van der Waals surface area contributed by atoms with Gasteiger partial charge in [0.2, 0.25) is 10.0 Å². The molecular formula is C20H23ClN4O2S. The van der Waals surface area contributed by atoms with Gasteiger partial charge in [0, 0.05) is 36.3 Å². The third-order valence-corrected chi connectivity index (χ3v) is 7.40. The molecule has 0 spiro atoms. The largest absolute Gasteiger partial charge is 0.309 e. The summed E-state index contributed by atoms with van der Waals surface area (Å²) in [6, 6.07) is 10.4. The van der Waals surface area contributed by atoms with Gasteiger partial charge in [0.1, 0.15) is 11.3 Å². The fraction of sp³-hybridized carbons (Fsp3) is 0.400. The van der Waals surface area contributed by atoms with Crippen molar-refractivity contribution < 1.29 is 8.42 Å². The van der Waals surface area contributed by atoms with Crippen molar-refractivity contribution in [3.63, 3.8) is 0 Å². The molecule has 0 N–H and O–H groups in total. The SMILES string of the molecule is CC(C)c1nc2cccnc2n1C1CCN(S(=O)(=O)c2ccc(Cl)cc2)CC1. The molecule has 0 amide bonds. The number of halogens is 1. The van der Waals surface area contributed by atoms with Gasteiger partial charge < -0.3 is 4.57 Å². The van der Waals surface area contributed by atoms with Crippen LogP contribution in [0, 0.1) is 0 Å². The summed E-state index contributed by atoms with van der Waals surface area (Å²) < 4.78 is 29.6. The lowest BCUT2D eigenvalue weighted by atomic mass is 10.1. The second kappa shape index (κ2) is 7.46. The molecule has 1 fully saturated rings. The molecule has 6 nitrogen and oxygen atoms in total. The second-order valence-corrected chi connectivity index (χ2v) is 9.80. The zero-order valence-electron chi connectivity index (χ0n) is 15.9. The van der Waals surface area contributed by atoms with Crippen LogP contribution in [0.2, 0.25) is 5.02 Å². The highest BCUT2D eigenvalue weighted by atomic mass is 35.5. The highest BCUT2D eigenvalue weighted by Gasteiger charge is 2.32. The van der Waals surface area contributed by atoms with E-state index < -0.39 is 10.0 Å². The van der Waals surface area contributed by atoms with E-state index in [0.717, 1.165) is 29.8 Å². The van der Waals surface area contributed by atoms with Crippen molar-refractivity contribution in [1.29, 1.82) is 0 Å². The fourth-order valence-corrected chi connectivity index (χ4v) is 5.41. The normalized spacial score (nSPS) is 16.9. The molecule has 148 valence electrons. The Labute approximate surface area is 170 Å². The molecule has 3 heterocycles. The molecule has 1 aliphatic heterocycles. The van der Waals surface area contributed by atoms with Crippen LogP contribution in [0.5, 0.6) is 0 Å². The third-order valence-electron chi connectivity index (χ3n) is 5.23. The first-order chi connectivity index (χ1) is 13.4. The molecule has 1 aromatic carbocycles. The first-order valence-electron chi connectivity index (χ1n) is 9.46. The van der Waals surface area contributed by atoms with E-state index in [2.05, 4.69) is 23.4 Å². The van der Waals surface area contributed by atoms with Crippen LogP contribution in [0.25, 0.3) is 11.2 Å². The van der Waals surface area contributed by atoms with Gasteiger partial charge in [0.25, 0.3) is 0 Å². The predicted octanol–water partition coefficient (Wildman–Crippen LogP) is 4.23. The number of nitrogens with zero attached hydrogens (tertiary/aromatic N) is 4. The molecule has 1 saturated heterocycles. The predicted molar refractivity (Wildman–Crippen MR) is 110 cm³/mol. The zero-order chi connectivity index (χ0) is 19.9. The molecule has 0 radical (unpaired) electrons. The van der Waals surface area contributed by atoms with E-state index in [1.54, 1.807) is 34.8 Å². The van der Waals surface area contributed by atoms with Gasteiger partial charge in [-0.2, -0.15) is 4.31 Å². The first kappa shape index (κ1) is 19.4. The number of fused-ring (bicyclic) bond motifs is 1. The van der Waals surface area contributed by atoms with Gasteiger partial charge in [-0.25, -0.2) is 18.4 Å². The number of benzene rings is 1. The quantitative estimate of drug-likeness (QED) is 0.635. The number of pyridine rings is 1. The second-order valence-electron chi connectivity index (χ2n) is 7.43. The molecule has 0 bridgehead atoms. The molecule has 1 aliphatic rings. The number of rotatable bonds is 4. The lowest BCUT2D eigenvalue weighted by molar-refractivity contribution is 0.272. The number of hydrogen-bond donors (Lipinski definition) is 0. The molecule has 0 aliphatic carbocycles. The first-order valence-corrected chi connectivity index (χ1v) is 11.3. The number of hydrogen-bond acceptors (Lipinski definition) is 4. The molecular weight excluding hydrogens is 396 g/mol. The lowest BCUT2D eigenvalue weighted by Crippen LogP contribution is -2.39. The molecule has 2 aromatic heterocycles. The molecule has 4 rings (SSSR count). The highest BCUT2D eigenvalue weighted by Crippen LogP contribution is 2.32. The van der Waals surface area contributed by atoms with Crippen LogP contribution in [0.4, 0.5) is 0 Å². The molecule has 8 heteroatoms. The summed E-state index contributed by atoms with van der Waals surface area (Å²) >= 11 is 5.89. The van der Waals surface area contributed by atoms with Crippen LogP contribution < -0.4 is 0 Å². The van der Waals surface area contributed by atoms with E-state index in [0.29, 0.717) is 18.1 Å². The smallest absolute Gasteiger partial charge is 0.243 e. The number of piperidine rings is 1. The Morgan fingerprint density at radius 1 is 1.11 bits per heavy atom. The average molecular weight is 419 g/mol. The zero-order valence-corrected chi connectivity index (χ0v) is 17.5. The van der Waals surface area contributed by atoms with E-state index >= 15 is 0 Å². The monoisotopic (exact) mass is 418 g/mol. The minimum Gasteiger partial charge on any atom is -0.309 e. The Hall–Kier alpha value is -1.96. The Balaban J connectivity index is 1.59. The van der Waals surface area contributed by atoms with Crippen LogP contribution in [-0.4, -0.2) is 40.3 Å². The summed E-state index contributed by atoms with van der Waals surface area (Å²) in [5, 5.41) is 0.526. The molecule has 3 aromatic rings. The van der Waals surface area contributed by atoms with E-state index in [-0.39, 0.29) is 16.9 Å². The van der Waals surface area contributed by atoms with Crippen LogP contribution in [0.15, 0.2) is 47.5 Å². The van der Waals surface area contributed by atoms with E-state index in [1.165, 1.54) is 0 Å². The standard InChI is InChI=1S/C20H23ClN4O2S/c1-14(2)19-23-18-4-3-11-22-20(18)25(19)16-9-12-24(13-10-16)28(26,27)17-7-5-15(21)6-8-17/h3-8,11,14,16H,9-10,12-13H2,1-2H3. The van der Waals surface area contributed by atoms with Gasteiger partial charge in [0.15, 0.2) is 5.65 Å². The Morgan fingerprint density at radius 3 is 2.43 bits per heavy atom. The third kappa shape index (κ3) is 3.43. The van der Waals surface area contributed by atoms with Crippen molar-refractivity contribution in [2.75, 3.05) is 13.1 Å². The highest BCUT2D eigenvalue weighted by molar-refractivity contribution is 7.89. The van der Waals surface area contributed by atoms with Gasteiger partial charge in [-0.05, 0) is 49.2 Å². The minimum absolute atomic E-state index is 0.189. The Bertz CT molecular complexity index is 1090. The molecule has 0 unspecified atom stereocenters. The summed E-state index contributed by atoms with van der Waals surface area (Å²) in [5.41, 5.74) is 1.77. The Morgan fingerprint density at radius 2 is 1.79 bits per heavy atom. The minimum atomic E-state index is -3.51. The van der Waals surface area contributed by atoms with Crippen molar-refractivity contribution in [2.24, 2.45) is 0 Å². The number of sulfonamides is 1. The van der Waals surface area contributed by atoms with Crippen molar-refractivity contribution in [3.8, 4) is 0 Å². The summed E-state index contributed by atoms with van der Waals surface area (Å²) in [4.78, 5) is 9.59. The van der Waals surface area contributed by atoms with Crippen LogP contribution in [0.1, 0.15) is 44.5 Å². The number of imidazole rings is 1. The summed E-state index contributed by atoms with van der Waals surface area (Å²) in [7, 11) is -3.51. The van der Waals surface area contributed by atoms with Gasteiger partial charge in [-0.15, -0.1) is 0 Å². The lowest BCUT2D eigenvalue weighted by Gasteiger charge is -2.33. The van der Waals surface area contributed by atoms with Crippen LogP contribution in [0.3, 0.4) is 0 Å². The average Bonchev–Trinajstić information content (AvgIpc) is 3.08. The maximum absolute atomic E-state index is 12.9.